The first-order chi connectivity index (χ1) is 12.4. The molecule has 2 rings (SSSR count). The molecule has 0 saturated heterocycles. The fourth-order valence-corrected chi connectivity index (χ4v) is 3.84. The standard InChI is InChI=1S/C17H20ClN3O4S/c1-3-10-21(26(23,24)13-8-9-16(18)19-11-13)12-17(22)20-14-6-4-5-7-15(14)25-2/h4-9,11H,3,10,12H2,1-2H3,(H,20,22). The quantitative estimate of drug-likeness (QED) is 0.692. The summed E-state index contributed by atoms with van der Waals surface area (Å²) in [5.41, 5.74) is 0.474. The number of nitrogens with one attached hydrogen (secondary N) is 1. The molecule has 0 aliphatic rings. The number of carbonyl (C=O) groups excluding carboxylic acids is 1. The maximum Gasteiger partial charge on any atom is 0.245 e. The molecule has 9 heteroatoms. The van der Waals surface area contributed by atoms with Gasteiger partial charge in [0.25, 0.3) is 0 Å². The van der Waals surface area contributed by atoms with Gasteiger partial charge in [0.2, 0.25) is 15.9 Å². The highest BCUT2D eigenvalue weighted by Crippen LogP contribution is 2.23. The predicted molar refractivity (Wildman–Crippen MR) is 99.9 cm³/mol. The van der Waals surface area contributed by atoms with Crippen LogP contribution in [0.15, 0.2) is 47.5 Å². The zero-order valence-corrected chi connectivity index (χ0v) is 16.0. The smallest absolute Gasteiger partial charge is 0.245 e. The first-order valence-electron chi connectivity index (χ1n) is 7.93. The van der Waals surface area contributed by atoms with Gasteiger partial charge in [-0.25, -0.2) is 13.4 Å². The third-order valence-electron chi connectivity index (χ3n) is 3.51. The largest absolute Gasteiger partial charge is 0.495 e. The molecule has 1 heterocycles. The zero-order chi connectivity index (χ0) is 19.2. The number of para-hydroxylation sites is 2. The Labute approximate surface area is 158 Å². The number of nitrogens with zero attached hydrogens (tertiary/aromatic N) is 2. The highest BCUT2D eigenvalue weighted by Gasteiger charge is 2.26. The van der Waals surface area contributed by atoms with Crippen molar-refractivity contribution in [2.24, 2.45) is 0 Å². The summed E-state index contributed by atoms with van der Waals surface area (Å²) in [4.78, 5) is 16.2. The number of carbonyl (C=O) groups is 1. The van der Waals surface area contributed by atoms with Gasteiger partial charge in [-0.3, -0.25) is 4.79 Å². The average Bonchev–Trinajstić information content (AvgIpc) is 2.62. The lowest BCUT2D eigenvalue weighted by atomic mass is 10.3. The molecule has 7 nitrogen and oxygen atoms in total. The van der Waals surface area contributed by atoms with E-state index < -0.39 is 15.9 Å². The Bertz CT molecular complexity index is 857. The van der Waals surface area contributed by atoms with Gasteiger partial charge in [-0.15, -0.1) is 0 Å². The number of amides is 1. The molecule has 140 valence electrons. The van der Waals surface area contributed by atoms with E-state index in [9.17, 15) is 13.2 Å². The van der Waals surface area contributed by atoms with Gasteiger partial charge in [0, 0.05) is 12.7 Å². The number of ether oxygens (including phenoxy) is 1. The van der Waals surface area contributed by atoms with Gasteiger partial charge in [-0.2, -0.15) is 4.31 Å². The second-order valence-corrected chi connectivity index (χ2v) is 7.73. The number of benzene rings is 1. The number of hydrogen-bond donors (Lipinski definition) is 1. The molecule has 0 unspecified atom stereocenters. The van der Waals surface area contributed by atoms with Gasteiger partial charge in [-0.1, -0.05) is 30.7 Å². The van der Waals surface area contributed by atoms with Crippen molar-refractivity contribution in [1.29, 1.82) is 0 Å². The number of rotatable bonds is 8. The first-order valence-corrected chi connectivity index (χ1v) is 9.75. The highest BCUT2D eigenvalue weighted by molar-refractivity contribution is 7.89. The van der Waals surface area contributed by atoms with Gasteiger partial charge in [-0.05, 0) is 30.7 Å². The summed E-state index contributed by atoms with van der Waals surface area (Å²) in [7, 11) is -2.37. The van der Waals surface area contributed by atoms with E-state index in [4.69, 9.17) is 16.3 Å². The van der Waals surface area contributed by atoms with Gasteiger partial charge >= 0.3 is 0 Å². The Morgan fingerprint density at radius 3 is 2.62 bits per heavy atom. The van der Waals surface area contributed by atoms with Crippen LogP contribution in [0.25, 0.3) is 0 Å². The molecule has 0 atom stereocenters. The average molecular weight is 398 g/mol. The lowest BCUT2D eigenvalue weighted by Crippen LogP contribution is -2.38. The summed E-state index contributed by atoms with van der Waals surface area (Å²) in [6.07, 6.45) is 1.74. The third-order valence-corrected chi connectivity index (χ3v) is 5.56. The zero-order valence-electron chi connectivity index (χ0n) is 14.5. The molecule has 0 aliphatic heterocycles. The lowest BCUT2D eigenvalue weighted by Gasteiger charge is -2.21. The molecular formula is C17H20ClN3O4S. The van der Waals surface area contributed by atoms with Crippen molar-refractivity contribution in [3.63, 3.8) is 0 Å². The summed E-state index contributed by atoms with van der Waals surface area (Å²) >= 11 is 5.71. The van der Waals surface area contributed by atoms with E-state index in [1.54, 1.807) is 24.3 Å². The number of pyridine rings is 1. The van der Waals surface area contributed by atoms with Crippen LogP contribution in [0.3, 0.4) is 0 Å². The number of methoxy groups -OCH3 is 1. The van der Waals surface area contributed by atoms with E-state index in [0.717, 1.165) is 4.31 Å². The predicted octanol–water partition coefficient (Wildman–Crippen LogP) is 2.78. The molecular weight excluding hydrogens is 378 g/mol. The Balaban J connectivity index is 2.19. The van der Waals surface area contributed by atoms with E-state index in [2.05, 4.69) is 10.3 Å². The van der Waals surface area contributed by atoms with Crippen molar-refractivity contribution in [2.75, 3.05) is 25.5 Å². The van der Waals surface area contributed by atoms with Crippen molar-refractivity contribution in [3.8, 4) is 5.75 Å². The highest BCUT2D eigenvalue weighted by atomic mass is 35.5. The summed E-state index contributed by atoms with van der Waals surface area (Å²) in [5, 5.41) is 2.87. The molecule has 1 amide bonds. The van der Waals surface area contributed by atoms with E-state index in [0.29, 0.717) is 17.9 Å². The minimum absolute atomic E-state index is 0.0135. The van der Waals surface area contributed by atoms with Gasteiger partial charge in [0.15, 0.2) is 0 Å². The molecule has 1 aromatic carbocycles. The topological polar surface area (TPSA) is 88.6 Å². The molecule has 1 aromatic heterocycles. The van der Waals surface area contributed by atoms with Crippen LogP contribution in [-0.2, 0) is 14.8 Å². The number of sulfonamides is 1. The summed E-state index contributed by atoms with van der Waals surface area (Å²) in [6.45, 7) is 1.71. The van der Waals surface area contributed by atoms with E-state index in [1.807, 2.05) is 6.92 Å². The molecule has 0 bridgehead atoms. The van der Waals surface area contributed by atoms with Crippen molar-refractivity contribution >= 4 is 33.2 Å². The van der Waals surface area contributed by atoms with Crippen molar-refractivity contribution in [2.45, 2.75) is 18.2 Å². The number of hydrogen-bond acceptors (Lipinski definition) is 5. The van der Waals surface area contributed by atoms with Crippen LogP contribution in [0.5, 0.6) is 5.75 Å². The van der Waals surface area contributed by atoms with Gasteiger partial charge < -0.3 is 10.1 Å². The molecule has 0 radical (unpaired) electrons. The normalized spacial score (nSPS) is 11.4. The summed E-state index contributed by atoms with van der Waals surface area (Å²) in [5.74, 6) is 0.0288. The number of anilines is 1. The fourth-order valence-electron chi connectivity index (χ4n) is 2.30. The van der Waals surface area contributed by atoms with Crippen molar-refractivity contribution in [3.05, 3.63) is 47.7 Å². The van der Waals surface area contributed by atoms with Crippen LogP contribution in [0.4, 0.5) is 5.69 Å². The first kappa shape index (κ1) is 20.2. The Morgan fingerprint density at radius 2 is 2.00 bits per heavy atom. The molecule has 0 aliphatic carbocycles. The molecule has 1 N–H and O–H groups in total. The Morgan fingerprint density at radius 1 is 1.27 bits per heavy atom. The van der Waals surface area contributed by atoms with Crippen LogP contribution in [0, 0.1) is 0 Å². The Hall–Kier alpha value is -2.16. The van der Waals surface area contributed by atoms with Crippen molar-refractivity contribution < 1.29 is 17.9 Å². The van der Waals surface area contributed by atoms with E-state index in [-0.39, 0.29) is 23.1 Å². The molecule has 26 heavy (non-hydrogen) atoms. The second-order valence-electron chi connectivity index (χ2n) is 5.40. The summed E-state index contributed by atoms with van der Waals surface area (Å²) in [6, 6.07) is 9.67. The summed E-state index contributed by atoms with van der Waals surface area (Å²) < 4.78 is 31.9. The number of halogens is 1. The third kappa shape index (κ3) is 4.94. The van der Waals surface area contributed by atoms with E-state index in [1.165, 1.54) is 25.4 Å². The molecule has 0 saturated carbocycles. The van der Waals surface area contributed by atoms with Crippen LogP contribution < -0.4 is 10.1 Å². The Kier molecular flexibility index (Phi) is 6.96. The molecule has 0 fully saturated rings. The SMILES string of the molecule is CCCN(CC(=O)Nc1ccccc1OC)S(=O)(=O)c1ccc(Cl)nc1. The van der Waals surface area contributed by atoms with Crippen LogP contribution >= 0.6 is 11.6 Å². The van der Waals surface area contributed by atoms with E-state index >= 15 is 0 Å². The van der Waals surface area contributed by atoms with Crippen molar-refractivity contribution in [1.82, 2.24) is 9.29 Å². The molecule has 2 aromatic rings. The maximum atomic E-state index is 12.8. The van der Waals surface area contributed by atoms with Crippen LogP contribution in [-0.4, -0.2) is 43.8 Å². The fraction of sp³-hybridized carbons (Fsp3) is 0.294. The second kappa shape index (κ2) is 8.98. The monoisotopic (exact) mass is 397 g/mol. The lowest BCUT2D eigenvalue weighted by molar-refractivity contribution is -0.116. The van der Waals surface area contributed by atoms with Crippen LogP contribution in [0.1, 0.15) is 13.3 Å². The van der Waals surface area contributed by atoms with Crippen LogP contribution in [0.2, 0.25) is 5.15 Å². The minimum Gasteiger partial charge on any atom is -0.495 e. The number of aromatic nitrogens is 1. The van der Waals surface area contributed by atoms with Gasteiger partial charge in [0.1, 0.15) is 15.8 Å². The van der Waals surface area contributed by atoms with Gasteiger partial charge in [0.05, 0.1) is 19.3 Å². The molecule has 0 spiro atoms. The minimum atomic E-state index is -3.86. The maximum absolute atomic E-state index is 12.8.